The smallest absolute Gasteiger partial charge is 0.143 e. The number of benzene rings is 1. The Labute approximate surface area is 79.1 Å². The lowest BCUT2D eigenvalue weighted by Crippen LogP contribution is -2.35. The fraction of sp³-hybridized carbons (Fsp3) is 0.455. The van der Waals surface area contributed by atoms with E-state index in [0.717, 1.165) is 12.3 Å². The third-order valence-electron chi connectivity index (χ3n) is 2.38. The van der Waals surface area contributed by atoms with E-state index in [9.17, 15) is 0 Å². The quantitative estimate of drug-likeness (QED) is 0.602. The van der Waals surface area contributed by atoms with Crippen molar-refractivity contribution in [3.63, 3.8) is 0 Å². The van der Waals surface area contributed by atoms with E-state index in [1.807, 2.05) is 0 Å². The van der Waals surface area contributed by atoms with Gasteiger partial charge in [-0.1, -0.05) is 6.07 Å². The average molecular weight is 177 g/mol. The zero-order valence-corrected chi connectivity index (χ0v) is 8.37. The molecule has 1 atom stereocenters. The first-order chi connectivity index (χ1) is 6.16. The molecule has 1 heterocycles. The van der Waals surface area contributed by atoms with Gasteiger partial charge in [0.1, 0.15) is 11.9 Å². The van der Waals surface area contributed by atoms with Crippen molar-refractivity contribution in [3.8, 4) is 5.75 Å². The summed E-state index contributed by atoms with van der Waals surface area (Å²) in [7, 11) is 2.11. The van der Waals surface area contributed by atoms with Crippen LogP contribution in [0.5, 0.6) is 5.75 Å². The zero-order chi connectivity index (χ0) is 9.42. The molecule has 0 aromatic heterocycles. The second-order valence-corrected chi connectivity index (χ2v) is 3.78. The van der Waals surface area contributed by atoms with Gasteiger partial charge in [0, 0.05) is 7.05 Å². The molecule has 0 N–H and O–H groups in total. The highest BCUT2D eigenvalue weighted by molar-refractivity contribution is 5.61. The number of fused-ring (bicyclic) bond motifs is 1. The number of likely N-dealkylation sites (N-methyl/N-ethyl adjacent to an activating group) is 1. The Balaban J connectivity index is 2.43. The molecular weight excluding hydrogens is 162 g/mol. The van der Waals surface area contributed by atoms with Crippen LogP contribution in [-0.2, 0) is 0 Å². The molecular formula is C11H15NO. The van der Waals surface area contributed by atoms with Crippen molar-refractivity contribution >= 4 is 5.69 Å². The Hall–Kier alpha value is -1.18. The molecule has 1 aliphatic rings. The van der Waals surface area contributed by atoms with Crippen LogP contribution in [0, 0.1) is 6.92 Å². The van der Waals surface area contributed by atoms with Crippen LogP contribution in [0.1, 0.15) is 12.5 Å². The zero-order valence-electron chi connectivity index (χ0n) is 8.37. The molecule has 0 saturated heterocycles. The maximum absolute atomic E-state index is 5.72. The Morgan fingerprint density at radius 1 is 1.46 bits per heavy atom. The molecule has 2 rings (SSSR count). The van der Waals surface area contributed by atoms with Gasteiger partial charge < -0.3 is 9.64 Å². The van der Waals surface area contributed by atoms with E-state index in [2.05, 4.69) is 44.0 Å². The summed E-state index contributed by atoms with van der Waals surface area (Å²) in [5.74, 6) is 1.01. The molecule has 1 aromatic carbocycles. The van der Waals surface area contributed by atoms with E-state index in [0.29, 0.717) is 6.10 Å². The number of aryl methyl sites for hydroxylation is 1. The van der Waals surface area contributed by atoms with Gasteiger partial charge in [-0.15, -0.1) is 0 Å². The average Bonchev–Trinajstić information content (AvgIpc) is 2.06. The minimum atomic E-state index is 0.292. The van der Waals surface area contributed by atoms with Gasteiger partial charge in [0.25, 0.3) is 0 Å². The van der Waals surface area contributed by atoms with Crippen LogP contribution in [-0.4, -0.2) is 19.7 Å². The Kier molecular flexibility index (Phi) is 1.91. The van der Waals surface area contributed by atoms with Crippen LogP contribution in [0.3, 0.4) is 0 Å². The van der Waals surface area contributed by atoms with Crippen molar-refractivity contribution in [3.05, 3.63) is 23.8 Å². The third kappa shape index (κ3) is 1.48. The van der Waals surface area contributed by atoms with Crippen LogP contribution in [0.25, 0.3) is 0 Å². The van der Waals surface area contributed by atoms with E-state index in [4.69, 9.17) is 4.74 Å². The molecule has 1 aliphatic heterocycles. The van der Waals surface area contributed by atoms with E-state index in [1.54, 1.807) is 0 Å². The predicted octanol–water partition coefficient (Wildman–Crippen LogP) is 2.21. The lowest BCUT2D eigenvalue weighted by molar-refractivity contribution is 0.215. The molecule has 1 aromatic rings. The molecule has 0 aliphatic carbocycles. The SMILES string of the molecule is Cc1ccc2c(c1)N(C)CC(C)O2. The van der Waals surface area contributed by atoms with Gasteiger partial charge in [-0.25, -0.2) is 0 Å². The van der Waals surface area contributed by atoms with Gasteiger partial charge in [-0.3, -0.25) is 0 Å². The maximum atomic E-state index is 5.72. The summed E-state index contributed by atoms with van der Waals surface area (Å²) in [5, 5.41) is 0. The van der Waals surface area contributed by atoms with Crippen molar-refractivity contribution in [1.29, 1.82) is 0 Å². The number of hydrogen-bond donors (Lipinski definition) is 0. The van der Waals surface area contributed by atoms with Crippen LogP contribution in [0.15, 0.2) is 18.2 Å². The molecule has 0 bridgehead atoms. The van der Waals surface area contributed by atoms with Gasteiger partial charge in [0.05, 0.1) is 12.2 Å². The fourth-order valence-corrected chi connectivity index (χ4v) is 1.76. The third-order valence-corrected chi connectivity index (χ3v) is 2.38. The van der Waals surface area contributed by atoms with Crippen molar-refractivity contribution in [1.82, 2.24) is 0 Å². The maximum Gasteiger partial charge on any atom is 0.143 e. The Morgan fingerprint density at radius 2 is 2.23 bits per heavy atom. The van der Waals surface area contributed by atoms with Gasteiger partial charge in [0.2, 0.25) is 0 Å². The Morgan fingerprint density at radius 3 is 3.00 bits per heavy atom. The lowest BCUT2D eigenvalue weighted by Gasteiger charge is -2.32. The fourth-order valence-electron chi connectivity index (χ4n) is 1.76. The number of ether oxygens (including phenoxy) is 1. The van der Waals surface area contributed by atoms with Crippen molar-refractivity contribution in [2.24, 2.45) is 0 Å². The van der Waals surface area contributed by atoms with Gasteiger partial charge in [0.15, 0.2) is 0 Å². The first kappa shape index (κ1) is 8.42. The molecule has 0 amide bonds. The molecule has 70 valence electrons. The molecule has 0 spiro atoms. The summed E-state index contributed by atoms with van der Waals surface area (Å²) in [4.78, 5) is 2.25. The second kappa shape index (κ2) is 2.95. The standard InChI is InChI=1S/C11H15NO/c1-8-4-5-11-10(6-8)12(3)7-9(2)13-11/h4-6,9H,7H2,1-3H3. The number of hydrogen-bond acceptors (Lipinski definition) is 2. The van der Waals surface area contributed by atoms with E-state index in [1.165, 1.54) is 11.3 Å². The monoisotopic (exact) mass is 177 g/mol. The van der Waals surface area contributed by atoms with Gasteiger partial charge in [-0.2, -0.15) is 0 Å². The van der Waals surface area contributed by atoms with Gasteiger partial charge >= 0.3 is 0 Å². The van der Waals surface area contributed by atoms with Crippen LogP contribution >= 0.6 is 0 Å². The van der Waals surface area contributed by atoms with Crippen molar-refractivity contribution < 1.29 is 4.74 Å². The highest BCUT2D eigenvalue weighted by Gasteiger charge is 2.19. The summed E-state index contributed by atoms with van der Waals surface area (Å²) in [6.45, 7) is 5.17. The highest BCUT2D eigenvalue weighted by atomic mass is 16.5. The van der Waals surface area contributed by atoms with Crippen molar-refractivity contribution in [2.75, 3.05) is 18.5 Å². The van der Waals surface area contributed by atoms with E-state index < -0.39 is 0 Å². The highest BCUT2D eigenvalue weighted by Crippen LogP contribution is 2.32. The normalized spacial score (nSPS) is 20.8. The molecule has 2 nitrogen and oxygen atoms in total. The Bertz CT molecular complexity index is 322. The second-order valence-electron chi connectivity index (χ2n) is 3.78. The topological polar surface area (TPSA) is 12.5 Å². The van der Waals surface area contributed by atoms with Crippen LogP contribution in [0.2, 0.25) is 0 Å². The minimum Gasteiger partial charge on any atom is -0.487 e. The summed E-state index contributed by atoms with van der Waals surface area (Å²) in [6, 6.07) is 6.31. The molecule has 0 saturated carbocycles. The van der Waals surface area contributed by atoms with Gasteiger partial charge in [-0.05, 0) is 31.5 Å². The molecule has 2 heteroatoms. The first-order valence-corrected chi connectivity index (χ1v) is 4.65. The molecule has 1 unspecified atom stereocenters. The number of nitrogens with zero attached hydrogens (tertiary/aromatic N) is 1. The molecule has 0 radical (unpaired) electrons. The number of anilines is 1. The van der Waals surface area contributed by atoms with Crippen LogP contribution in [0.4, 0.5) is 5.69 Å². The van der Waals surface area contributed by atoms with E-state index >= 15 is 0 Å². The minimum absolute atomic E-state index is 0.292. The first-order valence-electron chi connectivity index (χ1n) is 4.65. The largest absolute Gasteiger partial charge is 0.487 e. The molecule has 13 heavy (non-hydrogen) atoms. The predicted molar refractivity (Wildman–Crippen MR) is 54.5 cm³/mol. The van der Waals surface area contributed by atoms with Crippen LogP contribution < -0.4 is 9.64 Å². The summed E-state index contributed by atoms with van der Waals surface area (Å²) in [5.41, 5.74) is 2.49. The summed E-state index contributed by atoms with van der Waals surface area (Å²) in [6.07, 6.45) is 0.292. The van der Waals surface area contributed by atoms with Crippen molar-refractivity contribution in [2.45, 2.75) is 20.0 Å². The molecule has 0 fully saturated rings. The van der Waals surface area contributed by atoms with E-state index in [-0.39, 0.29) is 0 Å². The lowest BCUT2D eigenvalue weighted by atomic mass is 10.1. The summed E-state index contributed by atoms with van der Waals surface area (Å²) < 4.78 is 5.72. The summed E-state index contributed by atoms with van der Waals surface area (Å²) >= 11 is 0. The number of rotatable bonds is 0.